The van der Waals surface area contributed by atoms with Crippen LogP contribution in [-0.2, 0) is 0 Å². The summed E-state index contributed by atoms with van der Waals surface area (Å²) in [6.45, 7) is 4.36. The number of alkyl halides is 3. The second kappa shape index (κ2) is 7.20. The Morgan fingerprint density at radius 1 is 1.33 bits per heavy atom. The van der Waals surface area contributed by atoms with E-state index in [1.807, 2.05) is 6.08 Å². The van der Waals surface area contributed by atoms with Gasteiger partial charge in [-0.2, -0.15) is 13.2 Å². The molecule has 106 valence electrons. The molecule has 18 heavy (non-hydrogen) atoms. The minimum atomic E-state index is -4.04. The number of hydrogen-bond donors (Lipinski definition) is 0. The molecular formula is C15H25F3. The average Bonchev–Trinajstić information content (AvgIpc) is 2.26. The van der Waals surface area contributed by atoms with Crippen LogP contribution in [0, 0.1) is 11.8 Å². The molecule has 2 atom stereocenters. The van der Waals surface area contributed by atoms with Crippen molar-refractivity contribution in [1.82, 2.24) is 0 Å². The van der Waals surface area contributed by atoms with E-state index in [1.54, 1.807) is 0 Å². The van der Waals surface area contributed by atoms with E-state index in [-0.39, 0.29) is 0 Å². The zero-order valence-corrected chi connectivity index (χ0v) is 11.5. The van der Waals surface area contributed by atoms with Gasteiger partial charge >= 0.3 is 6.18 Å². The van der Waals surface area contributed by atoms with Crippen molar-refractivity contribution < 1.29 is 13.2 Å². The molecular weight excluding hydrogens is 237 g/mol. The van der Waals surface area contributed by atoms with E-state index in [0.29, 0.717) is 23.8 Å². The normalized spacial score (nSPS) is 22.7. The Morgan fingerprint density at radius 3 is 2.61 bits per heavy atom. The maximum Gasteiger partial charge on any atom is 0.392 e. The van der Waals surface area contributed by atoms with Crippen LogP contribution in [0.2, 0.25) is 0 Å². The molecule has 0 bridgehead atoms. The summed E-state index contributed by atoms with van der Waals surface area (Å²) in [7, 11) is 0. The predicted molar refractivity (Wildman–Crippen MR) is 69.4 cm³/mol. The van der Waals surface area contributed by atoms with Crippen molar-refractivity contribution in [3.05, 3.63) is 11.6 Å². The van der Waals surface area contributed by atoms with Crippen LogP contribution in [0.3, 0.4) is 0 Å². The van der Waals surface area contributed by atoms with Crippen molar-refractivity contribution in [2.75, 3.05) is 0 Å². The Hall–Kier alpha value is -0.470. The molecule has 0 saturated carbocycles. The highest BCUT2D eigenvalue weighted by Gasteiger charge is 2.30. The number of halogens is 3. The second-order valence-corrected chi connectivity index (χ2v) is 5.57. The van der Waals surface area contributed by atoms with E-state index < -0.39 is 12.6 Å². The van der Waals surface area contributed by atoms with Gasteiger partial charge in [-0.3, -0.25) is 0 Å². The van der Waals surface area contributed by atoms with Crippen LogP contribution in [0.5, 0.6) is 0 Å². The van der Waals surface area contributed by atoms with Gasteiger partial charge in [0, 0.05) is 0 Å². The van der Waals surface area contributed by atoms with Crippen LogP contribution in [0.15, 0.2) is 11.6 Å². The van der Waals surface area contributed by atoms with Crippen LogP contribution in [0.4, 0.5) is 13.2 Å². The first-order valence-corrected chi connectivity index (χ1v) is 7.21. The molecule has 1 aliphatic rings. The largest absolute Gasteiger partial charge is 0.392 e. The van der Waals surface area contributed by atoms with Crippen LogP contribution in [0.25, 0.3) is 0 Å². The van der Waals surface area contributed by atoms with Crippen LogP contribution >= 0.6 is 0 Å². The van der Waals surface area contributed by atoms with Crippen molar-refractivity contribution in [2.45, 2.75) is 71.4 Å². The highest BCUT2D eigenvalue weighted by atomic mass is 19.4. The third-order valence-electron chi connectivity index (χ3n) is 3.88. The minimum Gasteiger partial charge on any atom is -0.171 e. The van der Waals surface area contributed by atoms with Gasteiger partial charge in [-0.05, 0) is 37.5 Å². The van der Waals surface area contributed by atoms with Gasteiger partial charge in [0.25, 0.3) is 0 Å². The Labute approximate surface area is 109 Å². The van der Waals surface area contributed by atoms with Gasteiger partial charge in [-0.15, -0.1) is 0 Å². The summed E-state index contributed by atoms with van der Waals surface area (Å²) in [5, 5.41) is 0. The number of allylic oxidation sites excluding steroid dienone is 2. The fraction of sp³-hybridized carbons (Fsp3) is 0.867. The van der Waals surface area contributed by atoms with Crippen LogP contribution in [0.1, 0.15) is 65.2 Å². The molecule has 0 aromatic rings. The van der Waals surface area contributed by atoms with Gasteiger partial charge in [-0.1, -0.05) is 44.8 Å². The average molecular weight is 262 g/mol. The molecule has 0 nitrogen and oxygen atoms in total. The molecule has 0 fully saturated rings. The lowest BCUT2D eigenvalue weighted by Gasteiger charge is -2.25. The van der Waals surface area contributed by atoms with Crippen LogP contribution < -0.4 is 0 Å². The van der Waals surface area contributed by atoms with E-state index in [9.17, 15) is 13.2 Å². The molecule has 0 aromatic heterocycles. The van der Waals surface area contributed by atoms with Crippen molar-refractivity contribution in [1.29, 1.82) is 0 Å². The number of rotatable bonds is 6. The van der Waals surface area contributed by atoms with E-state index in [4.69, 9.17) is 0 Å². The standard InChI is InChI=1S/C15H25F3/c1-3-6-12(4-2)9-13-7-5-8-14(10-13)11-15(16,17)18/h10,12-13H,3-9,11H2,1-2H3/t12?,13-/m0/s1. The molecule has 0 radical (unpaired) electrons. The highest BCUT2D eigenvalue weighted by molar-refractivity contribution is 5.09. The Kier molecular flexibility index (Phi) is 6.24. The predicted octanol–water partition coefficient (Wildman–Crippen LogP) is 5.88. The lowest BCUT2D eigenvalue weighted by Crippen LogP contribution is -2.14. The Morgan fingerprint density at radius 2 is 2.06 bits per heavy atom. The maximum atomic E-state index is 12.4. The molecule has 0 N–H and O–H groups in total. The molecule has 0 aliphatic heterocycles. The van der Waals surface area contributed by atoms with Crippen molar-refractivity contribution in [3.8, 4) is 0 Å². The molecule has 1 unspecified atom stereocenters. The molecule has 0 heterocycles. The van der Waals surface area contributed by atoms with Crippen LogP contribution in [-0.4, -0.2) is 6.18 Å². The Bertz CT molecular complexity index is 265. The summed E-state index contributed by atoms with van der Waals surface area (Å²) in [5.74, 6) is 1.06. The van der Waals surface area contributed by atoms with E-state index in [2.05, 4.69) is 13.8 Å². The highest BCUT2D eigenvalue weighted by Crippen LogP contribution is 2.35. The molecule has 3 heteroatoms. The monoisotopic (exact) mass is 262 g/mol. The topological polar surface area (TPSA) is 0 Å². The van der Waals surface area contributed by atoms with Crippen molar-refractivity contribution in [2.24, 2.45) is 11.8 Å². The third kappa shape index (κ3) is 5.92. The smallest absolute Gasteiger partial charge is 0.171 e. The van der Waals surface area contributed by atoms with E-state index in [0.717, 1.165) is 25.7 Å². The third-order valence-corrected chi connectivity index (χ3v) is 3.88. The van der Waals surface area contributed by atoms with E-state index >= 15 is 0 Å². The SMILES string of the molecule is CCCC(CC)C[C@H]1C=C(CC(F)(F)F)CCC1. The molecule has 1 aliphatic carbocycles. The first kappa shape index (κ1) is 15.6. The minimum absolute atomic E-state index is 0.382. The van der Waals surface area contributed by atoms with Crippen molar-refractivity contribution >= 4 is 0 Å². The lowest BCUT2D eigenvalue weighted by molar-refractivity contribution is -0.127. The van der Waals surface area contributed by atoms with Gasteiger partial charge in [0.2, 0.25) is 0 Å². The molecule has 0 amide bonds. The summed E-state index contributed by atoms with van der Waals surface area (Å²) in [6, 6.07) is 0. The first-order chi connectivity index (χ1) is 8.44. The summed E-state index contributed by atoms with van der Waals surface area (Å²) in [6.07, 6.45) is 4.42. The van der Waals surface area contributed by atoms with Gasteiger partial charge in [0.05, 0.1) is 6.42 Å². The maximum absolute atomic E-state index is 12.4. The quantitative estimate of drug-likeness (QED) is 0.524. The Balaban J connectivity index is 2.53. The zero-order valence-electron chi connectivity index (χ0n) is 11.5. The fourth-order valence-corrected chi connectivity index (χ4v) is 3.01. The second-order valence-electron chi connectivity index (χ2n) is 5.57. The summed E-state index contributed by atoms with van der Waals surface area (Å²) >= 11 is 0. The molecule has 0 spiro atoms. The van der Waals surface area contributed by atoms with Gasteiger partial charge in [0.1, 0.15) is 0 Å². The van der Waals surface area contributed by atoms with Gasteiger partial charge < -0.3 is 0 Å². The first-order valence-electron chi connectivity index (χ1n) is 7.21. The molecule has 0 saturated heterocycles. The lowest BCUT2D eigenvalue weighted by atomic mass is 9.81. The summed E-state index contributed by atoms with van der Waals surface area (Å²) < 4.78 is 37.1. The summed E-state index contributed by atoms with van der Waals surface area (Å²) in [5.41, 5.74) is 0.616. The van der Waals surface area contributed by atoms with Gasteiger partial charge in [0.15, 0.2) is 0 Å². The molecule has 1 rings (SSSR count). The fourth-order valence-electron chi connectivity index (χ4n) is 3.01. The number of hydrogen-bond acceptors (Lipinski definition) is 0. The van der Waals surface area contributed by atoms with Gasteiger partial charge in [-0.25, -0.2) is 0 Å². The summed E-state index contributed by atoms with van der Waals surface area (Å²) in [4.78, 5) is 0. The van der Waals surface area contributed by atoms with Crippen molar-refractivity contribution in [3.63, 3.8) is 0 Å². The molecule has 0 aromatic carbocycles. The van der Waals surface area contributed by atoms with E-state index in [1.165, 1.54) is 12.8 Å². The zero-order chi connectivity index (χ0) is 13.6.